The Hall–Kier alpha value is -1.99. The van der Waals surface area contributed by atoms with Crippen molar-refractivity contribution >= 4 is 11.8 Å². The Kier molecular flexibility index (Phi) is 6.35. The zero-order chi connectivity index (χ0) is 20.3. The molecule has 0 unspecified atom stereocenters. The number of ether oxygens (including phenoxy) is 2. The van der Waals surface area contributed by atoms with Crippen molar-refractivity contribution in [3.8, 4) is 0 Å². The molecule has 1 aromatic rings. The molecule has 0 saturated carbocycles. The number of amides is 2. The number of primary amides is 1. The molecule has 2 aliphatic heterocycles. The maximum atomic E-state index is 13.3. The molecule has 0 aromatic heterocycles. The molecule has 2 aliphatic rings. The lowest BCUT2D eigenvalue weighted by molar-refractivity contribution is -0.211. The quantitative estimate of drug-likeness (QED) is 0.834. The van der Waals surface area contributed by atoms with Gasteiger partial charge >= 0.3 is 0 Å². The van der Waals surface area contributed by atoms with E-state index in [4.69, 9.17) is 15.2 Å². The van der Waals surface area contributed by atoms with Crippen LogP contribution in [0, 0.1) is 17.7 Å². The van der Waals surface area contributed by atoms with E-state index in [2.05, 4.69) is 13.8 Å². The molecule has 0 aliphatic carbocycles. The van der Waals surface area contributed by atoms with Gasteiger partial charge in [0.15, 0.2) is 0 Å². The Balaban J connectivity index is 1.72. The van der Waals surface area contributed by atoms with Crippen molar-refractivity contribution in [2.24, 2.45) is 17.6 Å². The fraction of sp³-hybridized carbons (Fsp3) is 0.619. The first-order chi connectivity index (χ1) is 13.3. The third kappa shape index (κ3) is 4.70. The van der Waals surface area contributed by atoms with Gasteiger partial charge in [-0.2, -0.15) is 0 Å². The van der Waals surface area contributed by atoms with Crippen molar-refractivity contribution in [3.05, 3.63) is 35.6 Å². The lowest BCUT2D eigenvalue weighted by Crippen LogP contribution is -2.59. The maximum Gasteiger partial charge on any atom is 0.223 e. The van der Waals surface area contributed by atoms with E-state index < -0.39 is 11.5 Å². The van der Waals surface area contributed by atoms with Crippen LogP contribution in [0.15, 0.2) is 24.3 Å². The van der Waals surface area contributed by atoms with Crippen LogP contribution in [-0.4, -0.2) is 48.6 Å². The molecule has 0 bridgehead atoms. The van der Waals surface area contributed by atoms with Gasteiger partial charge < -0.3 is 20.1 Å². The average molecular weight is 392 g/mol. The minimum Gasteiger partial charge on any atom is -0.370 e. The molecule has 154 valence electrons. The highest BCUT2D eigenvalue weighted by atomic mass is 19.1. The Morgan fingerprint density at radius 1 is 1.29 bits per heavy atom. The normalized spacial score (nSPS) is 27.9. The summed E-state index contributed by atoms with van der Waals surface area (Å²) < 4.78 is 25.7. The summed E-state index contributed by atoms with van der Waals surface area (Å²) in [5, 5.41) is 0. The summed E-state index contributed by atoms with van der Waals surface area (Å²) >= 11 is 0. The number of hydrogen-bond donors (Lipinski definition) is 1. The summed E-state index contributed by atoms with van der Waals surface area (Å²) in [4.78, 5) is 25.2. The Labute approximate surface area is 165 Å². The van der Waals surface area contributed by atoms with Crippen molar-refractivity contribution in [1.82, 2.24) is 4.90 Å². The molecule has 3 rings (SSSR count). The third-order valence-electron chi connectivity index (χ3n) is 5.76. The second-order valence-electron chi connectivity index (χ2n) is 8.21. The van der Waals surface area contributed by atoms with Gasteiger partial charge in [0.2, 0.25) is 11.8 Å². The number of rotatable bonds is 5. The standard InChI is InChI=1S/C21H29FN2O4/c1-14(2)17-11-21(13-27-20(17)15-3-5-16(22)6-4-15)12-24(9-10-28-21)19(26)8-7-18(23)25/h3-6,14,17,20H,7-13H2,1-2H3,(H2,23,25)/t17-,20-,21-/m0/s1. The highest BCUT2D eigenvalue weighted by Gasteiger charge is 2.47. The zero-order valence-corrected chi connectivity index (χ0v) is 16.5. The second kappa shape index (κ2) is 8.57. The van der Waals surface area contributed by atoms with E-state index in [1.807, 2.05) is 0 Å². The molecule has 2 amide bonds. The number of morpholine rings is 1. The fourth-order valence-corrected chi connectivity index (χ4v) is 4.20. The minimum absolute atomic E-state index is 0.0565. The maximum absolute atomic E-state index is 13.3. The molecule has 2 fully saturated rings. The molecular weight excluding hydrogens is 363 g/mol. The van der Waals surface area contributed by atoms with E-state index in [0.717, 1.165) is 12.0 Å². The van der Waals surface area contributed by atoms with Gasteiger partial charge in [-0.1, -0.05) is 26.0 Å². The first-order valence-electron chi connectivity index (χ1n) is 9.87. The number of carbonyl (C=O) groups is 2. The molecule has 2 N–H and O–H groups in total. The zero-order valence-electron chi connectivity index (χ0n) is 16.5. The number of nitrogens with two attached hydrogens (primary N) is 1. The van der Waals surface area contributed by atoms with Crippen molar-refractivity contribution in [2.45, 2.75) is 44.8 Å². The van der Waals surface area contributed by atoms with Crippen LogP contribution in [0.2, 0.25) is 0 Å². The number of halogens is 1. The smallest absolute Gasteiger partial charge is 0.223 e. The number of hydrogen-bond acceptors (Lipinski definition) is 4. The van der Waals surface area contributed by atoms with E-state index in [1.54, 1.807) is 17.0 Å². The lowest BCUT2D eigenvalue weighted by Gasteiger charge is -2.50. The van der Waals surface area contributed by atoms with Crippen LogP contribution in [0.25, 0.3) is 0 Å². The van der Waals surface area contributed by atoms with E-state index in [-0.39, 0.29) is 36.6 Å². The molecule has 3 atom stereocenters. The highest BCUT2D eigenvalue weighted by molar-refractivity contribution is 5.83. The molecule has 0 radical (unpaired) electrons. The molecule has 1 spiro atoms. The SMILES string of the molecule is CC(C)[C@@H]1C[C@@]2(CO[C@H]1c1ccc(F)cc1)CN(C(=O)CCC(N)=O)CCO2. The van der Waals surface area contributed by atoms with Gasteiger partial charge in [0.05, 0.1) is 25.9 Å². The summed E-state index contributed by atoms with van der Waals surface area (Å²) in [6.07, 6.45) is 0.807. The number of nitrogens with zero attached hydrogens (tertiary/aromatic N) is 1. The van der Waals surface area contributed by atoms with Gasteiger partial charge in [0.1, 0.15) is 11.4 Å². The average Bonchev–Trinajstić information content (AvgIpc) is 2.67. The van der Waals surface area contributed by atoms with Crippen molar-refractivity contribution in [1.29, 1.82) is 0 Å². The van der Waals surface area contributed by atoms with Crippen LogP contribution in [0.5, 0.6) is 0 Å². The van der Waals surface area contributed by atoms with Gasteiger partial charge in [-0.05, 0) is 36.0 Å². The van der Waals surface area contributed by atoms with Crippen molar-refractivity contribution in [2.75, 3.05) is 26.3 Å². The lowest BCUT2D eigenvalue weighted by atomic mass is 9.75. The molecule has 1 aromatic carbocycles. The van der Waals surface area contributed by atoms with Crippen LogP contribution in [0.1, 0.15) is 44.8 Å². The Bertz CT molecular complexity index is 709. The van der Waals surface area contributed by atoms with E-state index in [1.165, 1.54) is 12.1 Å². The molecule has 2 saturated heterocycles. The van der Waals surface area contributed by atoms with Crippen LogP contribution in [0.4, 0.5) is 4.39 Å². The Morgan fingerprint density at radius 3 is 2.64 bits per heavy atom. The fourth-order valence-electron chi connectivity index (χ4n) is 4.20. The summed E-state index contributed by atoms with van der Waals surface area (Å²) in [6.45, 7) is 6.05. The van der Waals surface area contributed by atoms with Gasteiger partial charge in [-0.3, -0.25) is 9.59 Å². The molecule has 6 nitrogen and oxygen atoms in total. The minimum atomic E-state index is -0.550. The highest BCUT2D eigenvalue weighted by Crippen LogP contribution is 2.44. The van der Waals surface area contributed by atoms with E-state index in [9.17, 15) is 14.0 Å². The molecule has 7 heteroatoms. The van der Waals surface area contributed by atoms with Gasteiger partial charge in [-0.25, -0.2) is 4.39 Å². The number of carbonyl (C=O) groups excluding carboxylic acids is 2. The van der Waals surface area contributed by atoms with Gasteiger partial charge in [0.25, 0.3) is 0 Å². The second-order valence-corrected chi connectivity index (χ2v) is 8.21. The summed E-state index contributed by atoms with van der Waals surface area (Å²) in [5.74, 6) is -0.308. The topological polar surface area (TPSA) is 81.9 Å². The Morgan fingerprint density at radius 2 is 2.00 bits per heavy atom. The summed E-state index contributed by atoms with van der Waals surface area (Å²) in [6, 6.07) is 6.46. The monoisotopic (exact) mass is 392 g/mol. The van der Waals surface area contributed by atoms with E-state index in [0.29, 0.717) is 32.2 Å². The summed E-state index contributed by atoms with van der Waals surface area (Å²) in [7, 11) is 0. The van der Waals surface area contributed by atoms with Crippen molar-refractivity contribution in [3.63, 3.8) is 0 Å². The van der Waals surface area contributed by atoms with Gasteiger partial charge in [-0.15, -0.1) is 0 Å². The van der Waals surface area contributed by atoms with Gasteiger partial charge in [0, 0.05) is 19.4 Å². The first kappa shape index (κ1) is 20.7. The predicted molar refractivity (Wildman–Crippen MR) is 102 cm³/mol. The molecule has 2 heterocycles. The van der Waals surface area contributed by atoms with E-state index >= 15 is 0 Å². The predicted octanol–water partition coefficient (Wildman–Crippen LogP) is 2.42. The largest absolute Gasteiger partial charge is 0.370 e. The summed E-state index contributed by atoms with van der Waals surface area (Å²) in [5.41, 5.74) is 5.57. The van der Waals surface area contributed by atoms with Crippen molar-refractivity contribution < 1.29 is 23.5 Å². The molecular formula is C21H29FN2O4. The number of benzene rings is 1. The third-order valence-corrected chi connectivity index (χ3v) is 5.76. The first-order valence-corrected chi connectivity index (χ1v) is 9.87. The van der Waals surface area contributed by atoms with Crippen LogP contribution in [-0.2, 0) is 19.1 Å². The van der Waals surface area contributed by atoms with Crippen LogP contribution in [0.3, 0.4) is 0 Å². The van der Waals surface area contributed by atoms with Crippen LogP contribution >= 0.6 is 0 Å². The molecule has 28 heavy (non-hydrogen) atoms. The van der Waals surface area contributed by atoms with Crippen LogP contribution < -0.4 is 5.73 Å².